The lowest BCUT2D eigenvalue weighted by Gasteiger charge is -2.21. The molecule has 2 aromatic heterocycles. The molecule has 0 fully saturated rings. The van der Waals surface area contributed by atoms with Crippen molar-refractivity contribution < 1.29 is 28.8 Å². The minimum atomic E-state index is -0.825. The minimum absolute atomic E-state index is 0.277. The number of primary amides is 2. The number of nitrogens with two attached hydrogens (primary N) is 2. The predicted octanol–water partition coefficient (Wildman–Crippen LogP) is 2.82. The van der Waals surface area contributed by atoms with Gasteiger partial charge in [0.2, 0.25) is 30.0 Å². The third-order valence-corrected chi connectivity index (χ3v) is 10.1. The number of amides is 6. The third-order valence-electron chi connectivity index (χ3n) is 7.64. The Labute approximate surface area is 296 Å². The molecule has 262 valence electrons. The topological polar surface area (TPSA) is 220 Å². The zero-order valence-corrected chi connectivity index (χ0v) is 29.1. The highest BCUT2D eigenvalue weighted by Crippen LogP contribution is 2.43. The molecule has 16 heteroatoms. The van der Waals surface area contributed by atoms with Crippen molar-refractivity contribution in [1.29, 1.82) is 0 Å². The van der Waals surface area contributed by atoms with Gasteiger partial charge in [0.25, 0.3) is 5.91 Å². The van der Waals surface area contributed by atoms with Gasteiger partial charge in [0.15, 0.2) is 0 Å². The van der Waals surface area contributed by atoms with Gasteiger partial charge in [-0.3, -0.25) is 38.7 Å². The molecule has 0 aliphatic carbocycles. The van der Waals surface area contributed by atoms with Crippen molar-refractivity contribution in [3.05, 3.63) is 66.5 Å². The van der Waals surface area contributed by atoms with Crippen molar-refractivity contribution in [2.75, 3.05) is 18.0 Å². The first-order valence-electron chi connectivity index (χ1n) is 15.7. The van der Waals surface area contributed by atoms with Crippen LogP contribution in [0.15, 0.2) is 70.7 Å². The normalized spacial score (nSPS) is 12.1. The molecule has 0 saturated heterocycles. The molecule has 0 saturated carbocycles. The molecule has 0 bridgehead atoms. The van der Waals surface area contributed by atoms with E-state index in [2.05, 4.69) is 25.9 Å². The van der Waals surface area contributed by atoms with E-state index in [4.69, 9.17) is 11.5 Å². The smallest absolute Gasteiger partial charge is 0.252 e. The highest BCUT2D eigenvalue weighted by molar-refractivity contribution is 8.76. The molecule has 4 aromatic rings. The Morgan fingerprint density at radius 3 is 1.88 bits per heavy atom. The number of hydrogen-bond acceptors (Lipinski definition) is 10. The number of nitrogens with one attached hydrogen (secondary N) is 3. The summed E-state index contributed by atoms with van der Waals surface area (Å²) in [5.41, 5.74) is 13.2. The molecule has 0 spiro atoms. The Balaban J connectivity index is 1.46. The van der Waals surface area contributed by atoms with Gasteiger partial charge in [-0.1, -0.05) is 45.9 Å². The van der Waals surface area contributed by atoms with E-state index in [0.29, 0.717) is 53.5 Å². The van der Waals surface area contributed by atoms with Crippen molar-refractivity contribution in [3.63, 3.8) is 0 Å². The lowest BCUT2D eigenvalue weighted by Crippen LogP contribution is -2.43. The number of nitrogens with zero attached hydrogens (tertiary/aromatic N) is 3. The van der Waals surface area contributed by atoms with E-state index in [0.717, 1.165) is 21.6 Å². The summed E-state index contributed by atoms with van der Waals surface area (Å²) >= 11 is 0. The largest absolute Gasteiger partial charge is 0.368 e. The first-order chi connectivity index (χ1) is 24.0. The van der Waals surface area contributed by atoms with Gasteiger partial charge in [0.1, 0.15) is 12.1 Å². The quantitative estimate of drug-likeness (QED) is 0.0575. The summed E-state index contributed by atoms with van der Waals surface area (Å²) in [4.78, 5) is 83.8. The fraction of sp³-hybridized carbons (Fsp3) is 0.294. The molecule has 0 aliphatic heterocycles. The second-order valence-electron chi connectivity index (χ2n) is 11.3. The minimum Gasteiger partial charge on any atom is -0.368 e. The molecule has 6 amide bonds. The highest BCUT2D eigenvalue weighted by Gasteiger charge is 2.19. The first kappa shape index (κ1) is 37.6. The number of para-hydroxylation sites is 2. The third kappa shape index (κ3) is 9.92. The average molecular weight is 719 g/mol. The first-order valence-corrected chi connectivity index (χ1v) is 17.9. The number of anilines is 1. The zero-order valence-electron chi connectivity index (χ0n) is 27.5. The van der Waals surface area contributed by atoms with Gasteiger partial charge in [-0.15, -0.1) is 0 Å². The number of carbonyl (C=O) groups excluding carboxylic acids is 6. The Morgan fingerprint density at radius 2 is 1.32 bits per heavy atom. The van der Waals surface area contributed by atoms with Crippen LogP contribution in [0.1, 0.15) is 49.9 Å². The second-order valence-corrected chi connectivity index (χ2v) is 13.5. The van der Waals surface area contributed by atoms with Crippen molar-refractivity contribution >= 4 is 85.0 Å². The Hall–Kier alpha value is -5.22. The van der Waals surface area contributed by atoms with Crippen LogP contribution in [-0.2, 0) is 24.0 Å². The van der Waals surface area contributed by atoms with Crippen molar-refractivity contribution in [3.8, 4) is 0 Å². The van der Waals surface area contributed by atoms with Crippen LogP contribution in [-0.4, -0.2) is 71.1 Å². The molecule has 0 unspecified atom stereocenters. The van der Waals surface area contributed by atoms with E-state index in [1.807, 2.05) is 36.4 Å². The molecular weight excluding hydrogens is 681 g/mol. The maximum absolute atomic E-state index is 13.1. The van der Waals surface area contributed by atoms with E-state index >= 15 is 0 Å². The summed E-state index contributed by atoms with van der Waals surface area (Å²) in [5.74, 6) is -2.29. The monoisotopic (exact) mass is 718 g/mol. The number of aromatic nitrogens is 2. The average Bonchev–Trinajstić information content (AvgIpc) is 3.09. The Kier molecular flexibility index (Phi) is 13.5. The van der Waals surface area contributed by atoms with E-state index in [-0.39, 0.29) is 30.7 Å². The maximum Gasteiger partial charge on any atom is 0.252 e. The van der Waals surface area contributed by atoms with Crippen LogP contribution >= 0.6 is 21.6 Å². The van der Waals surface area contributed by atoms with Crippen LogP contribution in [0.3, 0.4) is 0 Å². The van der Waals surface area contributed by atoms with Crippen LogP contribution in [0.2, 0.25) is 0 Å². The summed E-state index contributed by atoms with van der Waals surface area (Å²) < 4.78 is 0. The summed E-state index contributed by atoms with van der Waals surface area (Å²) in [5, 5.41) is 9.34. The molecule has 0 aliphatic rings. The fourth-order valence-electron chi connectivity index (χ4n) is 5.32. The molecule has 2 heterocycles. The number of pyridine rings is 2. The zero-order chi connectivity index (χ0) is 36.2. The second kappa shape index (κ2) is 18.0. The number of fused-ring (bicyclic) bond motifs is 2. The number of rotatable bonds is 18. The Bertz CT molecular complexity index is 1910. The molecule has 14 nitrogen and oxygen atoms in total. The molecule has 50 heavy (non-hydrogen) atoms. The summed E-state index contributed by atoms with van der Waals surface area (Å²) in [6.45, 7) is 3.19. The lowest BCUT2D eigenvalue weighted by molar-refractivity contribution is -0.126. The molecule has 7 N–H and O–H groups in total. The summed E-state index contributed by atoms with van der Waals surface area (Å²) in [7, 11) is 2.92. The standard InChI is InChI=1S/C34H38N8O6S2/c1-20(44)40-25(32(35)46)9-5-15-39-34(48)23-13-16-37-30-22(23)7-3-11-28(30)49-50-29-12-4-8-24-27(14-17-38-31(24)29)42(19-43)18-6-10-26(33(36)47)41-21(2)45/h3-4,7-8,11-14,16-17,19,25-26H,5-6,9-10,15,18H2,1-2H3,(H2,35,46)(H2,36,47)(H,39,48)(H,40,44)(H,41,45)/t25-,26-/m0/s1. The number of hydrogen-bond donors (Lipinski definition) is 5. The van der Waals surface area contributed by atoms with E-state index in [1.165, 1.54) is 40.3 Å². The fourth-order valence-corrected chi connectivity index (χ4v) is 7.59. The van der Waals surface area contributed by atoms with Crippen molar-refractivity contribution in [2.45, 2.75) is 61.4 Å². The number of carbonyl (C=O) groups is 6. The Morgan fingerprint density at radius 1 is 0.780 bits per heavy atom. The van der Waals surface area contributed by atoms with E-state index < -0.39 is 23.9 Å². The van der Waals surface area contributed by atoms with Gasteiger partial charge in [-0.2, -0.15) is 0 Å². The molecular formula is C34H38N8O6S2. The van der Waals surface area contributed by atoms with Crippen LogP contribution in [0.5, 0.6) is 0 Å². The van der Waals surface area contributed by atoms with E-state index in [9.17, 15) is 28.8 Å². The predicted molar refractivity (Wildman–Crippen MR) is 193 cm³/mol. The molecule has 2 aromatic carbocycles. The number of benzene rings is 2. The van der Waals surface area contributed by atoms with Gasteiger partial charge < -0.3 is 32.3 Å². The SMILES string of the molecule is CC(=O)N[C@@H](CCCNC(=O)c1ccnc2c(SSc3cccc4c(N(C=O)CCC[C@H](NC(C)=O)C(N)=O)ccnc34)cccc12)C(N)=O. The summed E-state index contributed by atoms with van der Waals surface area (Å²) in [6, 6.07) is 13.0. The highest BCUT2D eigenvalue weighted by atomic mass is 33.1. The van der Waals surface area contributed by atoms with Crippen LogP contribution in [0, 0.1) is 0 Å². The lowest BCUT2D eigenvalue weighted by atomic mass is 10.1. The van der Waals surface area contributed by atoms with Crippen molar-refractivity contribution in [1.82, 2.24) is 25.9 Å². The molecule has 0 radical (unpaired) electrons. The molecule has 2 atom stereocenters. The van der Waals surface area contributed by atoms with Crippen LogP contribution < -0.4 is 32.3 Å². The van der Waals surface area contributed by atoms with Crippen LogP contribution in [0.4, 0.5) is 5.69 Å². The van der Waals surface area contributed by atoms with Crippen molar-refractivity contribution in [2.24, 2.45) is 11.5 Å². The van der Waals surface area contributed by atoms with Gasteiger partial charge >= 0.3 is 0 Å². The van der Waals surface area contributed by atoms with Crippen LogP contribution in [0.25, 0.3) is 21.8 Å². The van der Waals surface area contributed by atoms with E-state index in [1.54, 1.807) is 24.5 Å². The summed E-state index contributed by atoms with van der Waals surface area (Å²) in [6.07, 6.45) is 5.35. The maximum atomic E-state index is 13.1. The van der Waals surface area contributed by atoms with Gasteiger partial charge in [0.05, 0.1) is 22.3 Å². The van der Waals surface area contributed by atoms with Gasteiger partial charge in [-0.25, -0.2) is 0 Å². The molecule has 4 rings (SSSR count). The van der Waals surface area contributed by atoms with Gasteiger partial charge in [-0.05, 0) is 49.9 Å². The van der Waals surface area contributed by atoms with Gasteiger partial charge in [0, 0.05) is 59.9 Å².